The highest BCUT2D eigenvalue weighted by molar-refractivity contribution is 6.07. The van der Waals surface area contributed by atoms with Crippen LogP contribution in [0.5, 0.6) is 0 Å². The first-order chi connectivity index (χ1) is 10.7. The van der Waals surface area contributed by atoms with Crippen LogP contribution in [0.25, 0.3) is 0 Å². The Bertz CT molecular complexity index is 755. The Labute approximate surface area is 132 Å². The average molecular weight is 319 g/mol. The normalized spacial score (nSPS) is 20.7. The lowest BCUT2D eigenvalue weighted by atomic mass is 9.78. The molecule has 0 saturated heterocycles. The van der Waals surface area contributed by atoms with Gasteiger partial charge in [-0.3, -0.25) is 4.79 Å². The van der Waals surface area contributed by atoms with E-state index < -0.39 is 17.2 Å². The van der Waals surface area contributed by atoms with E-state index in [9.17, 15) is 18.0 Å². The Morgan fingerprint density at radius 2 is 1.74 bits per heavy atom. The van der Waals surface area contributed by atoms with Gasteiger partial charge in [-0.1, -0.05) is 30.3 Å². The number of carbonyl (C=O) groups excluding carboxylic acids is 1. The lowest BCUT2D eigenvalue weighted by Crippen LogP contribution is -2.37. The molecule has 5 heteroatoms. The first kappa shape index (κ1) is 15.6. The maximum atomic E-state index is 13.0. The van der Waals surface area contributed by atoms with Crippen molar-refractivity contribution >= 4 is 11.6 Å². The van der Waals surface area contributed by atoms with Gasteiger partial charge >= 0.3 is 6.18 Å². The minimum atomic E-state index is -4.42. The summed E-state index contributed by atoms with van der Waals surface area (Å²) >= 11 is 0. The predicted molar refractivity (Wildman–Crippen MR) is 82.4 cm³/mol. The monoisotopic (exact) mass is 319 g/mol. The van der Waals surface area contributed by atoms with Crippen LogP contribution in [-0.2, 0) is 22.8 Å². The number of anilines is 1. The summed E-state index contributed by atoms with van der Waals surface area (Å²) in [6, 6.07) is 12.9. The topological polar surface area (TPSA) is 20.3 Å². The highest BCUT2D eigenvalue weighted by Gasteiger charge is 2.47. The van der Waals surface area contributed by atoms with Gasteiger partial charge in [0.25, 0.3) is 0 Å². The molecule has 120 valence electrons. The lowest BCUT2D eigenvalue weighted by Gasteiger charge is -2.24. The molecule has 1 amide bonds. The van der Waals surface area contributed by atoms with Crippen LogP contribution in [0.1, 0.15) is 23.6 Å². The van der Waals surface area contributed by atoms with Gasteiger partial charge in [0.2, 0.25) is 5.91 Å². The highest BCUT2D eigenvalue weighted by Crippen LogP contribution is 2.45. The summed E-state index contributed by atoms with van der Waals surface area (Å²) in [6.07, 6.45) is -4.06. The largest absolute Gasteiger partial charge is 0.416 e. The van der Waals surface area contributed by atoms with E-state index in [1.165, 1.54) is 11.0 Å². The van der Waals surface area contributed by atoms with Gasteiger partial charge in [-0.2, -0.15) is 13.2 Å². The molecular weight excluding hydrogens is 303 g/mol. The zero-order valence-corrected chi connectivity index (χ0v) is 12.8. The van der Waals surface area contributed by atoms with Crippen molar-refractivity contribution in [1.29, 1.82) is 0 Å². The van der Waals surface area contributed by atoms with E-state index in [-0.39, 0.29) is 5.91 Å². The number of likely N-dealkylation sites (N-methyl/N-ethyl adjacent to an activating group) is 1. The number of benzene rings is 2. The molecule has 3 rings (SSSR count). The molecule has 0 bridgehead atoms. The second-order valence-corrected chi connectivity index (χ2v) is 6.09. The van der Waals surface area contributed by atoms with Crippen molar-refractivity contribution in [2.24, 2.45) is 0 Å². The van der Waals surface area contributed by atoms with Crippen molar-refractivity contribution in [3.05, 3.63) is 65.2 Å². The standard InChI is InChI=1S/C18H16F3NO/c1-17(11-12-6-4-3-5-7-12)14-10-13(18(19,20)21)8-9-15(14)22(2)16(17)23/h3-10H,11H2,1-2H3. The molecule has 1 heterocycles. The molecule has 1 aliphatic heterocycles. The third-order valence-electron chi connectivity index (χ3n) is 4.46. The van der Waals surface area contributed by atoms with E-state index >= 15 is 0 Å². The lowest BCUT2D eigenvalue weighted by molar-refractivity contribution is -0.137. The fourth-order valence-corrected chi connectivity index (χ4v) is 3.22. The quantitative estimate of drug-likeness (QED) is 0.813. The number of nitrogens with zero attached hydrogens (tertiary/aromatic N) is 1. The summed E-state index contributed by atoms with van der Waals surface area (Å²) in [5.41, 5.74) is 0.179. The number of hydrogen-bond acceptors (Lipinski definition) is 1. The molecule has 23 heavy (non-hydrogen) atoms. The first-order valence-corrected chi connectivity index (χ1v) is 7.27. The van der Waals surface area contributed by atoms with Gasteiger partial charge in [0.05, 0.1) is 11.0 Å². The molecule has 2 aromatic carbocycles. The Kier molecular flexibility index (Phi) is 3.47. The van der Waals surface area contributed by atoms with Gasteiger partial charge in [-0.15, -0.1) is 0 Å². The van der Waals surface area contributed by atoms with Crippen molar-refractivity contribution in [1.82, 2.24) is 0 Å². The average Bonchev–Trinajstić information content (AvgIpc) is 2.69. The molecule has 1 unspecified atom stereocenters. The van der Waals surface area contributed by atoms with Crippen molar-refractivity contribution in [2.75, 3.05) is 11.9 Å². The highest BCUT2D eigenvalue weighted by atomic mass is 19.4. The summed E-state index contributed by atoms with van der Waals surface area (Å²) in [4.78, 5) is 14.1. The molecule has 1 atom stereocenters. The van der Waals surface area contributed by atoms with Crippen molar-refractivity contribution in [3.63, 3.8) is 0 Å². The van der Waals surface area contributed by atoms with E-state index in [1.807, 2.05) is 30.3 Å². The van der Waals surface area contributed by atoms with Crippen LogP contribution in [0.15, 0.2) is 48.5 Å². The smallest absolute Gasteiger partial charge is 0.314 e. The number of alkyl halides is 3. The second kappa shape index (κ2) is 5.11. The Morgan fingerprint density at radius 3 is 2.35 bits per heavy atom. The van der Waals surface area contributed by atoms with Crippen LogP contribution < -0.4 is 4.90 Å². The third-order valence-corrected chi connectivity index (χ3v) is 4.46. The fraction of sp³-hybridized carbons (Fsp3) is 0.278. The Hall–Kier alpha value is -2.30. The Balaban J connectivity index is 2.11. The number of fused-ring (bicyclic) bond motifs is 1. The molecule has 0 aromatic heterocycles. The van der Waals surface area contributed by atoms with Crippen LogP contribution in [0.3, 0.4) is 0 Å². The number of halogens is 3. The van der Waals surface area contributed by atoms with E-state index in [0.717, 1.165) is 17.7 Å². The zero-order chi connectivity index (χ0) is 16.8. The maximum Gasteiger partial charge on any atom is 0.416 e. The number of hydrogen-bond donors (Lipinski definition) is 0. The maximum absolute atomic E-state index is 13.0. The minimum absolute atomic E-state index is 0.185. The van der Waals surface area contributed by atoms with E-state index in [4.69, 9.17) is 0 Å². The third kappa shape index (κ3) is 2.50. The molecule has 0 spiro atoms. The van der Waals surface area contributed by atoms with Gasteiger partial charge in [0, 0.05) is 12.7 Å². The molecule has 2 nitrogen and oxygen atoms in total. The Morgan fingerprint density at radius 1 is 1.09 bits per heavy atom. The van der Waals surface area contributed by atoms with Crippen LogP contribution in [-0.4, -0.2) is 13.0 Å². The molecular formula is C18H16F3NO. The summed E-state index contributed by atoms with van der Waals surface area (Å²) in [5, 5.41) is 0. The molecule has 0 fully saturated rings. The zero-order valence-electron chi connectivity index (χ0n) is 12.8. The molecule has 0 aliphatic carbocycles. The van der Waals surface area contributed by atoms with Crippen molar-refractivity contribution in [2.45, 2.75) is 24.9 Å². The first-order valence-electron chi connectivity index (χ1n) is 7.27. The van der Waals surface area contributed by atoms with Gasteiger partial charge in [-0.25, -0.2) is 0 Å². The predicted octanol–water partition coefficient (Wildman–Crippen LogP) is 4.18. The number of rotatable bonds is 2. The SMILES string of the molecule is CN1C(=O)C(C)(Cc2ccccc2)c2cc(C(F)(F)F)ccc21. The number of carbonyl (C=O) groups is 1. The van der Waals surface area contributed by atoms with Gasteiger partial charge in [0.15, 0.2) is 0 Å². The van der Waals surface area contributed by atoms with E-state index in [0.29, 0.717) is 17.7 Å². The summed E-state index contributed by atoms with van der Waals surface area (Å²) in [7, 11) is 1.60. The van der Waals surface area contributed by atoms with Gasteiger partial charge in [-0.05, 0) is 42.7 Å². The van der Waals surface area contributed by atoms with Crippen molar-refractivity contribution in [3.8, 4) is 0 Å². The van der Waals surface area contributed by atoms with Crippen LogP contribution in [0.4, 0.5) is 18.9 Å². The minimum Gasteiger partial charge on any atom is -0.314 e. The van der Waals surface area contributed by atoms with Crippen LogP contribution in [0, 0.1) is 0 Å². The molecule has 0 saturated carbocycles. The van der Waals surface area contributed by atoms with Crippen LogP contribution >= 0.6 is 0 Å². The summed E-state index contributed by atoms with van der Waals surface area (Å²) in [5.74, 6) is -0.185. The molecule has 2 aromatic rings. The van der Waals surface area contributed by atoms with Crippen molar-refractivity contribution < 1.29 is 18.0 Å². The van der Waals surface area contributed by atoms with E-state index in [2.05, 4.69) is 0 Å². The second-order valence-electron chi connectivity index (χ2n) is 6.09. The fourth-order valence-electron chi connectivity index (χ4n) is 3.22. The van der Waals surface area contributed by atoms with Crippen LogP contribution in [0.2, 0.25) is 0 Å². The van der Waals surface area contributed by atoms with Gasteiger partial charge in [0.1, 0.15) is 0 Å². The summed E-state index contributed by atoms with van der Waals surface area (Å²) < 4.78 is 39.1. The molecule has 0 N–H and O–H groups in total. The van der Waals surface area contributed by atoms with Gasteiger partial charge < -0.3 is 4.90 Å². The van der Waals surface area contributed by atoms with E-state index in [1.54, 1.807) is 14.0 Å². The number of amides is 1. The summed E-state index contributed by atoms with van der Waals surface area (Å²) in [6.45, 7) is 1.71. The molecule has 0 radical (unpaired) electrons. The molecule has 1 aliphatic rings.